The van der Waals surface area contributed by atoms with Crippen LogP contribution in [0.2, 0.25) is 0 Å². The summed E-state index contributed by atoms with van der Waals surface area (Å²) in [7, 11) is 0. The molecule has 2 heteroatoms. The molecule has 0 unspecified atom stereocenters. The molecule has 0 aromatic heterocycles. The van der Waals surface area contributed by atoms with Crippen LogP contribution in [-0.4, -0.2) is 0 Å². The molecule has 0 radical (unpaired) electrons. The molecule has 9 aromatic rings. The minimum absolute atomic E-state index is 0.111. The van der Waals surface area contributed by atoms with Gasteiger partial charge in [0.15, 0.2) is 0 Å². The van der Waals surface area contributed by atoms with E-state index in [0.29, 0.717) is 0 Å². The molecule has 0 N–H and O–H groups in total. The molecule has 2 aliphatic rings. The molecule has 55 heavy (non-hydrogen) atoms. The minimum Gasteiger partial charge on any atom is -0.456 e. The molecule has 2 nitrogen and oxygen atoms in total. The Kier molecular flexibility index (Phi) is 6.93. The molecular weight excluding hydrogens is 667 g/mol. The predicted octanol–water partition coefficient (Wildman–Crippen LogP) is 14.9. The Hall–Kier alpha value is -6.90. The van der Waals surface area contributed by atoms with Gasteiger partial charge in [-0.1, -0.05) is 135 Å². The standard InChI is InChI=1S/C53H37NO/c1-53(2)48-21-11-10-19-43(48)44-27-25-40(32-49(44)53)54(39-17-4-3-5-18-39)41-26-28-45-46-30-36-15-8-9-16-37(36)31-47(46)52-42(20-12-22-50(52)55-51(45)33-41)38-24-23-34-13-6-7-14-35(34)29-38/h3-33H,1-2H3. The van der Waals surface area contributed by atoms with Gasteiger partial charge in [0.2, 0.25) is 0 Å². The van der Waals surface area contributed by atoms with Crippen LogP contribution < -0.4 is 9.64 Å². The Morgan fingerprint density at radius 1 is 0.364 bits per heavy atom. The molecule has 0 saturated heterocycles. The second-order valence-electron chi connectivity index (χ2n) is 15.3. The Labute approximate surface area is 321 Å². The van der Waals surface area contributed by atoms with Gasteiger partial charge >= 0.3 is 0 Å². The van der Waals surface area contributed by atoms with Crippen LogP contribution in [0.3, 0.4) is 0 Å². The van der Waals surface area contributed by atoms with E-state index in [-0.39, 0.29) is 5.41 Å². The van der Waals surface area contributed by atoms with Crippen LogP contribution in [0.15, 0.2) is 188 Å². The van der Waals surface area contributed by atoms with Crippen molar-refractivity contribution in [3.63, 3.8) is 0 Å². The molecular formula is C53H37NO. The van der Waals surface area contributed by atoms with Gasteiger partial charge in [0.25, 0.3) is 0 Å². The van der Waals surface area contributed by atoms with Crippen molar-refractivity contribution in [1.29, 1.82) is 0 Å². The smallest absolute Gasteiger partial charge is 0.137 e. The highest BCUT2D eigenvalue weighted by atomic mass is 16.5. The zero-order chi connectivity index (χ0) is 36.7. The quantitative estimate of drug-likeness (QED) is 0.181. The molecule has 0 saturated carbocycles. The summed E-state index contributed by atoms with van der Waals surface area (Å²) in [5.74, 6) is 1.68. The van der Waals surface area contributed by atoms with Crippen molar-refractivity contribution in [2.45, 2.75) is 19.3 Å². The van der Waals surface area contributed by atoms with E-state index in [2.05, 4.69) is 207 Å². The number of benzene rings is 9. The molecule has 260 valence electrons. The lowest BCUT2D eigenvalue weighted by Gasteiger charge is -2.28. The molecule has 0 bridgehead atoms. The maximum Gasteiger partial charge on any atom is 0.137 e. The van der Waals surface area contributed by atoms with E-state index < -0.39 is 0 Å². The number of hydrogen-bond donors (Lipinski definition) is 0. The normalized spacial score (nSPS) is 13.2. The van der Waals surface area contributed by atoms with Crippen LogP contribution in [0.5, 0.6) is 11.5 Å². The van der Waals surface area contributed by atoms with Gasteiger partial charge in [-0.05, 0) is 127 Å². The Balaban J connectivity index is 1.11. The summed E-state index contributed by atoms with van der Waals surface area (Å²) in [6.07, 6.45) is 0. The first-order valence-electron chi connectivity index (χ1n) is 19.1. The highest BCUT2D eigenvalue weighted by Crippen LogP contribution is 2.54. The third kappa shape index (κ3) is 4.95. The average Bonchev–Trinajstić information content (AvgIpc) is 3.36. The van der Waals surface area contributed by atoms with Crippen LogP contribution in [-0.2, 0) is 5.41 Å². The lowest BCUT2D eigenvalue weighted by molar-refractivity contribution is 0.488. The van der Waals surface area contributed by atoms with E-state index in [9.17, 15) is 0 Å². The summed E-state index contributed by atoms with van der Waals surface area (Å²) in [6.45, 7) is 4.69. The second-order valence-corrected chi connectivity index (χ2v) is 15.3. The SMILES string of the molecule is CC1(C)c2ccccc2-c2ccc(N(c3ccccc3)c3ccc4c(c3)Oc3cccc(-c5ccc6ccccc6c5)c3-c3cc5ccccc5cc3-4)cc21. The number of rotatable bonds is 4. The Bertz CT molecular complexity index is 2990. The first kappa shape index (κ1) is 31.6. The molecule has 0 atom stereocenters. The first-order valence-corrected chi connectivity index (χ1v) is 19.1. The van der Waals surface area contributed by atoms with Crippen LogP contribution in [0.1, 0.15) is 25.0 Å². The van der Waals surface area contributed by atoms with Crippen molar-refractivity contribution in [3.8, 4) is 56.0 Å². The topological polar surface area (TPSA) is 12.5 Å². The third-order valence-electron chi connectivity index (χ3n) is 11.8. The number of nitrogens with zero attached hydrogens (tertiary/aromatic N) is 1. The van der Waals surface area contributed by atoms with Gasteiger partial charge in [-0.15, -0.1) is 0 Å². The summed E-state index contributed by atoms with van der Waals surface area (Å²) < 4.78 is 7.15. The van der Waals surface area contributed by atoms with Crippen molar-refractivity contribution in [1.82, 2.24) is 0 Å². The number of fused-ring (bicyclic) bond motifs is 10. The van der Waals surface area contributed by atoms with Crippen LogP contribution in [0, 0.1) is 0 Å². The van der Waals surface area contributed by atoms with Gasteiger partial charge in [0, 0.05) is 39.7 Å². The Morgan fingerprint density at radius 3 is 1.78 bits per heavy atom. The largest absolute Gasteiger partial charge is 0.456 e. The van der Waals surface area contributed by atoms with E-state index >= 15 is 0 Å². The number of para-hydroxylation sites is 1. The number of anilines is 3. The minimum atomic E-state index is -0.111. The van der Waals surface area contributed by atoms with E-state index in [1.54, 1.807) is 0 Å². The summed E-state index contributed by atoms with van der Waals surface area (Å²) in [6, 6.07) is 68.4. The first-order chi connectivity index (χ1) is 27.0. The number of ether oxygens (including phenoxy) is 1. The van der Waals surface area contributed by atoms with Crippen LogP contribution >= 0.6 is 0 Å². The van der Waals surface area contributed by atoms with Crippen molar-refractivity contribution in [2.75, 3.05) is 4.90 Å². The zero-order valence-corrected chi connectivity index (χ0v) is 30.8. The van der Waals surface area contributed by atoms with E-state index in [4.69, 9.17) is 4.74 Å². The molecule has 1 aliphatic heterocycles. The predicted molar refractivity (Wildman–Crippen MR) is 230 cm³/mol. The fraction of sp³-hybridized carbons (Fsp3) is 0.0566. The summed E-state index contributed by atoms with van der Waals surface area (Å²) >= 11 is 0. The van der Waals surface area contributed by atoms with Crippen LogP contribution in [0.25, 0.3) is 66.1 Å². The van der Waals surface area contributed by atoms with Crippen molar-refractivity contribution in [2.24, 2.45) is 0 Å². The highest BCUT2D eigenvalue weighted by molar-refractivity contribution is 6.04. The molecule has 11 rings (SSSR count). The van der Waals surface area contributed by atoms with Gasteiger partial charge in [0.1, 0.15) is 11.5 Å². The second kappa shape index (κ2) is 12.1. The van der Waals surface area contributed by atoms with E-state index in [1.807, 2.05) is 0 Å². The van der Waals surface area contributed by atoms with Gasteiger partial charge in [-0.2, -0.15) is 0 Å². The molecule has 0 fully saturated rings. The van der Waals surface area contributed by atoms with Crippen molar-refractivity contribution in [3.05, 3.63) is 199 Å². The van der Waals surface area contributed by atoms with Gasteiger partial charge in [-0.25, -0.2) is 0 Å². The Morgan fingerprint density at radius 2 is 0.982 bits per heavy atom. The third-order valence-corrected chi connectivity index (χ3v) is 11.8. The molecule has 0 spiro atoms. The van der Waals surface area contributed by atoms with E-state index in [0.717, 1.165) is 50.8 Å². The lowest BCUT2D eigenvalue weighted by Crippen LogP contribution is -2.16. The number of hydrogen-bond acceptors (Lipinski definition) is 2. The molecule has 1 heterocycles. The molecule has 9 aromatic carbocycles. The average molecular weight is 704 g/mol. The lowest BCUT2D eigenvalue weighted by atomic mass is 9.82. The van der Waals surface area contributed by atoms with Crippen LogP contribution in [0.4, 0.5) is 17.1 Å². The summed E-state index contributed by atoms with van der Waals surface area (Å²) in [5, 5.41) is 4.86. The molecule has 0 amide bonds. The summed E-state index contributed by atoms with van der Waals surface area (Å²) in [4.78, 5) is 2.36. The summed E-state index contributed by atoms with van der Waals surface area (Å²) in [5.41, 5.74) is 15.3. The maximum absolute atomic E-state index is 7.15. The highest BCUT2D eigenvalue weighted by Gasteiger charge is 2.36. The van der Waals surface area contributed by atoms with E-state index in [1.165, 1.54) is 54.9 Å². The van der Waals surface area contributed by atoms with Crippen molar-refractivity contribution >= 4 is 38.6 Å². The zero-order valence-electron chi connectivity index (χ0n) is 30.8. The van der Waals surface area contributed by atoms with Gasteiger partial charge < -0.3 is 9.64 Å². The van der Waals surface area contributed by atoms with Gasteiger partial charge in [0.05, 0.1) is 0 Å². The van der Waals surface area contributed by atoms with Gasteiger partial charge in [-0.3, -0.25) is 0 Å². The fourth-order valence-electron chi connectivity index (χ4n) is 9.09. The maximum atomic E-state index is 7.15. The fourth-order valence-corrected chi connectivity index (χ4v) is 9.09. The molecule has 1 aliphatic carbocycles. The monoisotopic (exact) mass is 703 g/mol. The van der Waals surface area contributed by atoms with Crippen molar-refractivity contribution < 1.29 is 4.74 Å².